The molecule has 0 radical (unpaired) electrons. The maximum Gasteiger partial charge on any atom is 0.411 e. The number of amides is 1. The second kappa shape index (κ2) is 7.09. The van der Waals surface area contributed by atoms with Crippen LogP contribution in [0.4, 0.5) is 4.79 Å². The number of fused-ring (bicyclic) bond motifs is 1. The van der Waals surface area contributed by atoms with E-state index in [1.165, 1.54) is 11.8 Å². The molecule has 150 valence electrons. The summed E-state index contributed by atoms with van der Waals surface area (Å²) in [5.74, 6) is -1.04. The van der Waals surface area contributed by atoms with Crippen molar-refractivity contribution in [1.29, 1.82) is 0 Å². The summed E-state index contributed by atoms with van der Waals surface area (Å²) in [4.78, 5) is 34.2. The summed E-state index contributed by atoms with van der Waals surface area (Å²) < 4.78 is 11.2. The van der Waals surface area contributed by atoms with Crippen LogP contribution in [0.2, 0.25) is 5.15 Å². The van der Waals surface area contributed by atoms with Gasteiger partial charge in [0, 0.05) is 6.42 Å². The summed E-state index contributed by atoms with van der Waals surface area (Å²) in [6.45, 7) is 6.66. The van der Waals surface area contributed by atoms with Crippen LogP contribution in [-0.4, -0.2) is 55.8 Å². The van der Waals surface area contributed by atoms with Gasteiger partial charge in [-0.2, -0.15) is 0 Å². The van der Waals surface area contributed by atoms with Gasteiger partial charge in [0.05, 0.1) is 17.6 Å². The topological polar surface area (TPSA) is 102 Å². The molecule has 1 saturated heterocycles. The lowest BCUT2D eigenvalue weighted by molar-refractivity contribution is -0.148. The maximum absolute atomic E-state index is 12.6. The highest BCUT2D eigenvalue weighted by molar-refractivity contribution is 6.31. The molecule has 3 rings (SSSR count). The van der Waals surface area contributed by atoms with Gasteiger partial charge in [-0.3, -0.25) is 4.90 Å². The second-order valence-electron chi connectivity index (χ2n) is 7.92. The number of benzene rings is 1. The number of carbonyl (C=O) groups is 2. The van der Waals surface area contributed by atoms with Crippen LogP contribution in [0, 0.1) is 0 Å². The van der Waals surface area contributed by atoms with E-state index in [0.717, 1.165) is 0 Å². The molecule has 1 amide bonds. The molecular weight excluding hydrogens is 386 g/mol. The van der Waals surface area contributed by atoms with E-state index >= 15 is 0 Å². The van der Waals surface area contributed by atoms with Crippen molar-refractivity contribution in [1.82, 2.24) is 14.9 Å². The molecule has 8 nitrogen and oxygen atoms in total. The molecule has 0 aliphatic carbocycles. The lowest BCUT2D eigenvalue weighted by atomic mass is 9.99. The van der Waals surface area contributed by atoms with Crippen molar-refractivity contribution in [3.05, 3.63) is 29.4 Å². The SMILES string of the molecule is CC(C)(C)OC(=O)N1CC(Oc2nc3ccccc3nc2Cl)CC1(C)C(=O)O. The van der Waals surface area contributed by atoms with Crippen LogP contribution in [0.5, 0.6) is 5.88 Å². The first kappa shape index (κ1) is 20.1. The Balaban J connectivity index is 1.85. The molecular formula is C19H22ClN3O5. The van der Waals surface area contributed by atoms with Crippen molar-refractivity contribution in [2.24, 2.45) is 0 Å². The average molecular weight is 408 g/mol. The molecule has 2 unspecified atom stereocenters. The zero-order chi connectivity index (χ0) is 20.7. The summed E-state index contributed by atoms with van der Waals surface area (Å²) in [5, 5.41) is 9.79. The van der Waals surface area contributed by atoms with Gasteiger partial charge in [-0.15, -0.1) is 0 Å². The Morgan fingerprint density at radius 3 is 2.43 bits per heavy atom. The molecule has 2 heterocycles. The van der Waals surface area contributed by atoms with E-state index in [9.17, 15) is 14.7 Å². The van der Waals surface area contributed by atoms with E-state index in [1.807, 2.05) is 12.1 Å². The maximum atomic E-state index is 12.6. The van der Waals surface area contributed by atoms with Crippen LogP contribution < -0.4 is 4.74 Å². The van der Waals surface area contributed by atoms with Gasteiger partial charge >= 0.3 is 12.1 Å². The standard InChI is InChI=1S/C19H22ClN3O5/c1-18(2,3)28-17(26)23-10-11(9-19(23,4)16(24)25)27-15-14(20)21-12-7-5-6-8-13(12)22-15/h5-8,11H,9-10H2,1-4H3,(H,24,25). The molecule has 1 aliphatic heterocycles. The van der Waals surface area contributed by atoms with Crippen LogP contribution in [0.15, 0.2) is 24.3 Å². The largest absolute Gasteiger partial charge is 0.480 e. The number of nitrogens with zero attached hydrogens (tertiary/aromatic N) is 3. The molecule has 1 N–H and O–H groups in total. The van der Waals surface area contributed by atoms with Crippen LogP contribution in [0.3, 0.4) is 0 Å². The number of carboxylic acids is 1. The summed E-state index contributed by atoms with van der Waals surface area (Å²) >= 11 is 6.18. The lowest BCUT2D eigenvalue weighted by Gasteiger charge is -2.32. The minimum Gasteiger partial charge on any atom is -0.480 e. The Morgan fingerprint density at radius 1 is 1.25 bits per heavy atom. The van der Waals surface area contributed by atoms with Crippen LogP contribution in [0.25, 0.3) is 11.0 Å². The number of likely N-dealkylation sites (tertiary alicyclic amines) is 1. The van der Waals surface area contributed by atoms with E-state index in [2.05, 4.69) is 9.97 Å². The van der Waals surface area contributed by atoms with Crippen LogP contribution in [0.1, 0.15) is 34.1 Å². The number of hydrogen-bond acceptors (Lipinski definition) is 6. The van der Waals surface area contributed by atoms with Crippen LogP contribution >= 0.6 is 11.6 Å². The number of carboxylic acid groups (broad SMARTS) is 1. The predicted molar refractivity (Wildman–Crippen MR) is 103 cm³/mol. The Kier molecular flexibility index (Phi) is 5.10. The number of carbonyl (C=O) groups excluding carboxylic acids is 1. The van der Waals surface area contributed by atoms with E-state index in [-0.39, 0.29) is 24.0 Å². The average Bonchev–Trinajstić information content (AvgIpc) is 2.92. The van der Waals surface area contributed by atoms with E-state index in [1.54, 1.807) is 32.9 Å². The Morgan fingerprint density at radius 2 is 1.86 bits per heavy atom. The smallest absolute Gasteiger partial charge is 0.411 e. The molecule has 1 fully saturated rings. The second-order valence-corrected chi connectivity index (χ2v) is 8.28. The molecule has 0 saturated carbocycles. The summed E-state index contributed by atoms with van der Waals surface area (Å²) in [6, 6.07) is 7.19. The van der Waals surface area contributed by atoms with Gasteiger partial charge in [0.1, 0.15) is 17.2 Å². The molecule has 0 bridgehead atoms. The third-order valence-corrected chi connectivity index (χ3v) is 4.71. The third-order valence-electron chi connectivity index (χ3n) is 4.46. The number of halogens is 1. The molecule has 0 spiro atoms. The van der Waals surface area contributed by atoms with Crippen molar-refractivity contribution in [2.75, 3.05) is 6.54 Å². The van der Waals surface area contributed by atoms with Gasteiger partial charge in [-0.1, -0.05) is 23.7 Å². The normalized spacial score (nSPS) is 22.3. The number of aliphatic carboxylic acids is 1. The van der Waals surface area contributed by atoms with Crippen molar-refractivity contribution >= 4 is 34.7 Å². The molecule has 1 aliphatic rings. The van der Waals surface area contributed by atoms with Crippen molar-refractivity contribution in [3.63, 3.8) is 0 Å². The molecule has 9 heteroatoms. The fraction of sp³-hybridized carbons (Fsp3) is 0.474. The van der Waals surface area contributed by atoms with E-state index < -0.39 is 29.3 Å². The van der Waals surface area contributed by atoms with Gasteiger partial charge < -0.3 is 14.6 Å². The number of hydrogen-bond donors (Lipinski definition) is 1. The van der Waals surface area contributed by atoms with Crippen molar-refractivity contribution in [2.45, 2.75) is 51.4 Å². The Hall–Kier alpha value is -2.61. The number of para-hydroxylation sites is 2. The minimum absolute atomic E-state index is 0.0303. The zero-order valence-electron chi connectivity index (χ0n) is 16.1. The first-order chi connectivity index (χ1) is 13.0. The highest BCUT2D eigenvalue weighted by atomic mass is 35.5. The monoisotopic (exact) mass is 407 g/mol. The van der Waals surface area contributed by atoms with Gasteiger partial charge in [-0.25, -0.2) is 19.6 Å². The van der Waals surface area contributed by atoms with Gasteiger partial charge in [0.25, 0.3) is 5.88 Å². The molecule has 28 heavy (non-hydrogen) atoms. The first-order valence-electron chi connectivity index (χ1n) is 8.82. The molecule has 2 aromatic rings. The fourth-order valence-electron chi connectivity index (χ4n) is 3.09. The molecule has 1 aromatic carbocycles. The Labute approximate surface area is 167 Å². The molecule has 1 aromatic heterocycles. The summed E-state index contributed by atoms with van der Waals surface area (Å²) in [5.41, 5.74) is -0.992. The fourth-order valence-corrected chi connectivity index (χ4v) is 3.27. The van der Waals surface area contributed by atoms with Crippen molar-refractivity contribution in [3.8, 4) is 5.88 Å². The molecule has 2 atom stereocenters. The quantitative estimate of drug-likeness (QED) is 0.830. The van der Waals surface area contributed by atoms with Gasteiger partial charge in [0.15, 0.2) is 5.15 Å². The zero-order valence-corrected chi connectivity index (χ0v) is 16.9. The van der Waals surface area contributed by atoms with E-state index in [0.29, 0.717) is 11.0 Å². The lowest BCUT2D eigenvalue weighted by Crippen LogP contribution is -2.52. The number of rotatable bonds is 3. The van der Waals surface area contributed by atoms with Crippen LogP contribution in [-0.2, 0) is 9.53 Å². The highest BCUT2D eigenvalue weighted by Crippen LogP contribution is 2.34. The van der Waals surface area contributed by atoms with Crippen molar-refractivity contribution < 1.29 is 24.2 Å². The first-order valence-corrected chi connectivity index (χ1v) is 9.20. The highest BCUT2D eigenvalue weighted by Gasteiger charge is 2.52. The van der Waals surface area contributed by atoms with Gasteiger partial charge in [-0.05, 0) is 39.8 Å². The summed E-state index contributed by atoms with van der Waals surface area (Å²) in [6.07, 6.45) is -1.27. The Bertz CT molecular complexity index is 929. The minimum atomic E-state index is -1.47. The van der Waals surface area contributed by atoms with Gasteiger partial charge in [0.2, 0.25) is 0 Å². The third kappa shape index (κ3) is 3.96. The summed E-state index contributed by atoms with van der Waals surface area (Å²) in [7, 11) is 0. The number of ether oxygens (including phenoxy) is 2. The predicted octanol–water partition coefficient (Wildman–Crippen LogP) is 3.51. The van der Waals surface area contributed by atoms with E-state index in [4.69, 9.17) is 21.1 Å². The number of aromatic nitrogens is 2.